The van der Waals surface area contributed by atoms with Gasteiger partial charge in [0.1, 0.15) is 6.33 Å². The molecule has 0 fully saturated rings. The van der Waals surface area contributed by atoms with Gasteiger partial charge in [-0.15, -0.1) is 11.3 Å². The molecule has 0 aliphatic rings. The molecule has 2 rings (SSSR count). The molecule has 0 aromatic carbocycles. The molecular formula is C9H7N3S. The lowest BCUT2D eigenvalue weighted by Gasteiger charge is -1.88. The summed E-state index contributed by atoms with van der Waals surface area (Å²) in [6.45, 7) is 0. The lowest BCUT2D eigenvalue weighted by molar-refractivity contribution is 1.16. The van der Waals surface area contributed by atoms with Gasteiger partial charge in [0.05, 0.1) is 18.1 Å². The van der Waals surface area contributed by atoms with E-state index in [-0.39, 0.29) is 0 Å². The van der Waals surface area contributed by atoms with Crippen LogP contribution in [0.15, 0.2) is 41.2 Å². The van der Waals surface area contributed by atoms with Crippen LogP contribution in [0, 0.1) is 0 Å². The SMILES string of the molecule is C(=Nc1cncnc1)c1cccs1. The van der Waals surface area contributed by atoms with E-state index in [1.807, 2.05) is 23.7 Å². The molecule has 0 unspecified atom stereocenters. The Morgan fingerprint density at radius 2 is 2.15 bits per heavy atom. The van der Waals surface area contributed by atoms with E-state index in [1.165, 1.54) is 6.33 Å². The summed E-state index contributed by atoms with van der Waals surface area (Å²) in [7, 11) is 0. The highest BCUT2D eigenvalue weighted by Gasteiger charge is 1.88. The predicted molar refractivity (Wildman–Crippen MR) is 53.6 cm³/mol. The van der Waals surface area contributed by atoms with Gasteiger partial charge in [-0.1, -0.05) is 6.07 Å². The minimum absolute atomic E-state index is 0.774. The highest BCUT2D eigenvalue weighted by Crippen LogP contribution is 2.09. The van der Waals surface area contributed by atoms with Gasteiger partial charge in [0.25, 0.3) is 0 Å². The highest BCUT2D eigenvalue weighted by atomic mass is 32.1. The van der Waals surface area contributed by atoms with Crippen LogP contribution < -0.4 is 0 Å². The molecule has 13 heavy (non-hydrogen) atoms. The minimum Gasteiger partial charge on any atom is -0.252 e. The second-order valence-electron chi connectivity index (χ2n) is 2.37. The van der Waals surface area contributed by atoms with Gasteiger partial charge in [-0.25, -0.2) is 9.97 Å². The Kier molecular flexibility index (Phi) is 2.43. The Balaban J connectivity index is 2.15. The molecule has 64 valence electrons. The van der Waals surface area contributed by atoms with Gasteiger partial charge in [-0.05, 0) is 11.4 Å². The largest absolute Gasteiger partial charge is 0.252 e. The molecule has 0 aliphatic carbocycles. The van der Waals surface area contributed by atoms with Crippen molar-refractivity contribution in [1.82, 2.24) is 9.97 Å². The zero-order valence-corrected chi connectivity index (χ0v) is 7.61. The number of aliphatic imine (C=N–C) groups is 1. The van der Waals surface area contributed by atoms with Gasteiger partial charge >= 0.3 is 0 Å². The monoisotopic (exact) mass is 189 g/mol. The molecule has 0 spiro atoms. The summed E-state index contributed by atoms with van der Waals surface area (Å²) in [6, 6.07) is 4.01. The molecule has 0 atom stereocenters. The van der Waals surface area contributed by atoms with E-state index < -0.39 is 0 Å². The number of hydrogen-bond donors (Lipinski definition) is 0. The van der Waals surface area contributed by atoms with Crippen molar-refractivity contribution in [2.75, 3.05) is 0 Å². The normalized spacial score (nSPS) is 10.8. The first-order chi connectivity index (χ1) is 6.45. The molecule has 0 saturated carbocycles. The summed E-state index contributed by atoms with van der Waals surface area (Å²) in [5.74, 6) is 0. The van der Waals surface area contributed by atoms with E-state index in [0.29, 0.717) is 0 Å². The Hall–Kier alpha value is -1.55. The van der Waals surface area contributed by atoms with Gasteiger partial charge in [0.2, 0.25) is 0 Å². The van der Waals surface area contributed by atoms with Crippen LogP contribution in [0.2, 0.25) is 0 Å². The Bertz CT molecular complexity index is 381. The Labute approximate surface area is 79.8 Å². The summed E-state index contributed by atoms with van der Waals surface area (Å²) >= 11 is 1.65. The molecule has 2 aromatic heterocycles. The van der Waals surface area contributed by atoms with Crippen molar-refractivity contribution in [2.45, 2.75) is 0 Å². The van der Waals surface area contributed by atoms with E-state index in [4.69, 9.17) is 0 Å². The average molecular weight is 189 g/mol. The van der Waals surface area contributed by atoms with Gasteiger partial charge in [-0.3, -0.25) is 4.99 Å². The van der Waals surface area contributed by atoms with Crippen molar-refractivity contribution in [1.29, 1.82) is 0 Å². The topological polar surface area (TPSA) is 38.1 Å². The van der Waals surface area contributed by atoms with Crippen molar-refractivity contribution in [2.24, 2.45) is 4.99 Å². The fourth-order valence-electron chi connectivity index (χ4n) is 0.861. The van der Waals surface area contributed by atoms with Gasteiger partial charge in [-0.2, -0.15) is 0 Å². The maximum absolute atomic E-state index is 4.21. The molecule has 0 N–H and O–H groups in total. The number of thiophene rings is 1. The summed E-state index contributed by atoms with van der Waals surface area (Å²) < 4.78 is 0. The lowest BCUT2D eigenvalue weighted by atomic mass is 10.5. The smallest absolute Gasteiger partial charge is 0.115 e. The van der Waals surface area contributed by atoms with E-state index in [2.05, 4.69) is 15.0 Å². The molecule has 0 bridgehead atoms. The first-order valence-electron chi connectivity index (χ1n) is 3.78. The predicted octanol–water partition coefficient (Wildman–Crippen LogP) is 2.29. The first kappa shape index (κ1) is 8.07. The van der Waals surface area contributed by atoms with E-state index in [0.717, 1.165) is 10.6 Å². The van der Waals surface area contributed by atoms with Crippen molar-refractivity contribution in [3.8, 4) is 0 Å². The minimum atomic E-state index is 0.774. The molecular weight excluding hydrogens is 182 g/mol. The van der Waals surface area contributed by atoms with Crippen LogP contribution in [0.5, 0.6) is 0 Å². The fraction of sp³-hybridized carbons (Fsp3) is 0. The third kappa shape index (κ3) is 2.19. The Morgan fingerprint density at radius 3 is 2.85 bits per heavy atom. The summed E-state index contributed by atoms with van der Waals surface area (Å²) in [5.41, 5.74) is 0.774. The molecule has 0 aliphatic heterocycles. The molecule has 0 amide bonds. The van der Waals surface area contributed by atoms with Crippen LogP contribution in [0.4, 0.5) is 5.69 Å². The second-order valence-corrected chi connectivity index (χ2v) is 3.35. The number of aromatic nitrogens is 2. The van der Waals surface area contributed by atoms with Crippen LogP contribution in [0.1, 0.15) is 4.88 Å². The molecule has 3 nitrogen and oxygen atoms in total. The lowest BCUT2D eigenvalue weighted by Crippen LogP contribution is -1.75. The van der Waals surface area contributed by atoms with Crippen molar-refractivity contribution < 1.29 is 0 Å². The second kappa shape index (κ2) is 3.91. The Morgan fingerprint density at radius 1 is 1.31 bits per heavy atom. The van der Waals surface area contributed by atoms with Crippen molar-refractivity contribution in [3.05, 3.63) is 41.1 Å². The molecule has 0 saturated heterocycles. The maximum Gasteiger partial charge on any atom is 0.115 e. The fourth-order valence-corrected chi connectivity index (χ4v) is 1.45. The third-order valence-corrected chi connectivity index (χ3v) is 2.24. The van der Waals surface area contributed by atoms with Crippen molar-refractivity contribution >= 4 is 23.2 Å². The highest BCUT2D eigenvalue weighted by molar-refractivity contribution is 7.11. The summed E-state index contributed by atoms with van der Waals surface area (Å²) in [5, 5.41) is 2.02. The van der Waals surface area contributed by atoms with Crippen LogP contribution in [-0.4, -0.2) is 16.2 Å². The van der Waals surface area contributed by atoms with Crippen LogP contribution in [-0.2, 0) is 0 Å². The molecule has 0 radical (unpaired) electrons. The third-order valence-electron chi connectivity index (χ3n) is 1.43. The average Bonchev–Trinajstić information content (AvgIpc) is 2.69. The standard InChI is InChI=1S/C9H7N3S/c1-2-9(13-3-1)6-12-8-4-10-7-11-5-8/h1-7H. The van der Waals surface area contributed by atoms with Gasteiger partial charge in [0, 0.05) is 11.1 Å². The maximum atomic E-state index is 4.21. The van der Waals surface area contributed by atoms with E-state index >= 15 is 0 Å². The van der Waals surface area contributed by atoms with E-state index in [9.17, 15) is 0 Å². The molecule has 2 heterocycles. The number of rotatable bonds is 2. The van der Waals surface area contributed by atoms with Crippen LogP contribution in [0.25, 0.3) is 0 Å². The van der Waals surface area contributed by atoms with E-state index in [1.54, 1.807) is 23.7 Å². The number of hydrogen-bond acceptors (Lipinski definition) is 4. The number of nitrogens with zero attached hydrogens (tertiary/aromatic N) is 3. The van der Waals surface area contributed by atoms with Crippen LogP contribution >= 0.6 is 11.3 Å². The summed E-state index contributed by atoms with van der Waals surface area (Å²) in [6.07, 6.45) is 6.65. The quantitative estimate of drug-likeness (QED) is 0.680. The first-order valence-corrected chi connectivity index (χ1v) is 4.66. The zero-order chi connectivity index (χ0) is 8.93. The molecule has 4 heteroatoms. The zero-order valence-electron chi connectivity index (χ0n) is 6.79. The van der Waals surface area contributed by atoms with Crippen molar-refractivity contribution in [3.63, 3.8) is 0 Å². The van der Waals surface area contributed by atoms with Crippen LogP contribution in [0.3, 0.4) is 0 Å². The van der Waals surface area contributed by atoms with Gasteiger partial charge < -0.3 is 0 Å². The molecule has 2 aromatic rings. The summed E-state index contributed by atoms with van der Waals surface area (Å²) in [4.78, 5) is 13.1. The van der Waals surface area contributed by atoms with Gasteiger partial charge in [0.15, 0.2) is 0 Å².